The maximum Gasteiger partial charge on any atom is 0.323 e. The number of unbranched alkanes of at least 4 members (excludes halogenated alkanes) is 3. The Morgan fingerprint density at radius 1 is 1.57 bits per heavy atom. The normalized spacial score (nSPS) is 29.9. The van der Waals surface area contributed by atoms with Crippen LogP contribution in [0.15, 0.2) is 12.7 Å². The molecular weight excluding hydrogens is 178 g/mol. The van der Waals surface area contributed by atoms with E-state index in [4.69, 9.17) is 10.8 Å². The average Bonchev–Trinajstić information content (AvgIpc) is 2.79. The second-order valence-electron chi connectivity index (χ2n) is 4.17. The fraction of sp³-hybridized carbons (Fsp3) is 0.727. The highest BCUT2D eigenvalue weighted by atomic mass is 16.4. The molecule has 0 aromatic heterocycles. The van der Waals surface area contributed by atoms with E-state index in [1.807, 2.05) is 6.08 Å². The van der Waals surface area contributed by atoms with E-state index in [2.05, 4.69) is 6.58 Å². The predicted octanol–water partition coefficient (Wildman–Crippen LogP) is 1.92. The molecule has 0 aliphatic heterocycles. The first kappa shape index (κ1) is 11.2. The summed E-state index contributed by atoms with van der Waals surface area (Å²) in [4.78, 5) is 10.7. The summed E-state index contributed by atoms with van der Waals surface area (Å²) in [6.07, 6.45) is 7.98. The lowest BCUT2D eigenvalue weighted by Gasteiger charge is -2.04. The van der Waals surface area contributed by atoms with Crippen LogP contribution >= 0.6 is 0 Å². The van der Waals surface area contributed by atoms with Crippen molar-refractivity contribution in [3.8, 4) is 0 Å². The van der Waals surface area contributed by atoms with Crippen LogP contribution in [0.3, 0.4) is 0 Å². The Labute approximate surface area is 85.0 Å². The first-order valence-electron chi connectivity index (χ1n) is 5.24. The minimum atomic E-state index is -0.890. The van der Waals surface area contributed by atoms with Gasteiger partial charge in [0.15, 0.2) is 0 Å². The third-order valence-corrected chi connectivity index (χ3v) is 3.01. The predicted molar refractivity (Wildman–Crippen MR) is 55.9 cm³/mol. The Balaban J connectivity index is 2.05. The van der Waals surface area contributed by atoms with Gasteiger partial charge in [-0.2, -0.15) is 0 Å². The molecule has 0 bridgehead atoms. The summed E-state index contributed by atoms with van der Waals surface area (Å²) in [5, 5.41) is 8.79. The standard InChI is InChI=1S/C11H19NO2/c1-2-3-4-5-6-7-9-8-11(9,12)10(13)14/h2,9H,1,3-8,12H2,(H,13,14)/t9-,11+/m1/s1. The first-order valence-corrected chi connectivity index (χ1v) is 5.24. The fourth-order valence-electron chi connectivity index (χ4n) is 1.83. The molecule has 1 rings (SSSR count). The molecule has 0 spiro atoms. The molecule has 0 aromatic rings. The number of carbonyl (C=O) groups is 1. The number of allylic oxidation sites excluding steroid dienone is 1. The van der Waals surface area contributed by atoms with Crippen LogP contribution in [0.25, 0.3) is 0 Å². The third-order valence-electron chi connectivity index (χ3n) is 3.01. The molecular formula is C11H19NO2. The van der Waals surface area contributed by atoms with Gasteiger partial charge in [0.1, 0.15) is 5.54 Å². The molecule has 0 amide bonds. The third kappa shape index (κ3) is 2.58. The van der Waals surface area contributed by atoms with Gasteiger partial charge in [-0.15, -0.1) is 6.58 Å². The highest BCUT2D eigenvalue weighted by Crippen LogP contribution is 2.44. The molecule has 80 valence electrons. The molecule has 1 aliphatic carbocycles. The van der Waals surface area contributed by atoms with Crippen LogP contribution in [0.1, 0.15) is 38.5 Å². The van der Waals surface area contributed by atoms with E-state index < -0.39 is 11.5 Å². The maximum absolute atomic E-state index is 10.7. The SMILES string of the molecule is C=CCCCCC[C@@H]1C[C@@]1(N)C(=O)O. The van der Waals surface area contributed by atoms with Crippen LogP contribution < -0.4 is 5.73 Å². The van der Waals surface area contributed by atoms with Gasteiger partial charge in [0.25, 0.3) is 0 Å². The number of hydrogen-bond acceptors (Lipinski definition) is 2. The lowest BCUT2D eigenvalue weighted by atomic mass is 10.1. The van der Waals surface area contributed by atoms with Crippen molar-refractivity contribution in [2.45, 2.75) is 44.1 Å². The van der Waals surface area contributed by atoms with Crippen molar-refractivity contribution in [3.63, 3.8) is 0 Å². The van der Waals surface area contributed by atoms with Gasteiger partial charge in [0.05, 0.1) is 0 Å². The van der Waals surface area contributed by atoms with Gasteiger partial charge in [-0.25, -0.2) is 0 Å². The molecule has 3 heteroatoms. The molecule has 1 aliphatic rings. The van der Waals surface area contributed by atoms with Crippen LogP contribution in [-0.4, -0.2) is 16.6 Å². The summed E-state index contributed by atoms with van der Waals surface area (Å²) < 4.78 is 0. The lowest BCUT2D eigenvalue weighted by Crippen LogP contribution is -2.35. The van der Waals surface area contributed by atoms with E-state index in [0.29, 0.717) is 6.42 Å². The van der Waals surface area contributed by atoms with Crippen molar-refractivity contribution >= 4 is 5.97 Å². The number of rotatable bonds is 7. The zero-order valence-electron chi connectivity index (χ0n) is 8.54. The van der Waals surface area contributed by atoms with Crippen molar-refractivity contribution in [1.82, 2.24) is 0 Å². The molecule has 1 fully saturated rings. The first-order chi connectivity index (χ1) is 6.61. The number of carboxylic acid groups (broad SMARTS) is 1. The van der Waals surface area contributed by atoms with Crippen molar-refractivity contribution in [3.05, 3.63) is 12.7 Å². The summed E-state index contributed by atoms with van der Waals surface area (Å²) in [6.45, 7) is 3.65. The second-order valence-corrected chi connectivity index (χ2v) is 4.17. The molecule has 3 N–H and O–H groups in total. The van der Waals surface area contributed by atoms with Crippen LogP contribution in [0.2, 0.25) is 0 Å². The number of hydrogen-bond donors (Lipinski definition) is 2. The highest BCUT2D eigenvalue weighted by Gasteiger charge is 2.56. The van der Waals surface area contributed by atoms with Gasteiger partial charge >= 0.3 is 5.97 Å². The van der Waals surface area contributed by atoms with Gasteiger partial charge < -0.3 is 10.8 Å². The molecule has 2 atom stereocenters. The Hall–Kier alpha value is -0.830. The fourth-order valence-corrected chi connectivity index (χ4v) is 1.83. The van der Waals surface area contributed by atoms with Gasteiger partial charge in [-0.1, -0.05) is 18.9 Å². The van der Waals surface area contributed by atoms with Crippen molar-refractivity contribution in [1.29, 1.82) is 0 Å². The second kappa shape index (κ2) is 4.60. The van der Waals surface area contributed by atoms with E-state index in [-0.39, 0.29) is 5.92 Å². The van der Waals surface area contributed by atoms with Crippen LogP contribution in [0, 0.1) is 5.92 Å². The molecule has 3 nitrogen and oxygen atoms in total. The van der Waals surface area contributed by atoms with Gasteiger partial charge in [-0.05, 0) is 31.6 Å². The molecule has 1 saturated carbocycles. The van der Waals surface area contributed by atoms with Crippen molar-refractivity contribution in [2.75, 3.05) is 0 Å². The Morgan fingerprint density at radius 2 is 2.29 bits per heavy atom. The monoisotopic (exact) mass is 197 g/mol. The molecule has 0 unspecified atom stereocenters. The van der Waals surface area contributed by atoms with Crippen LogP contribution in [0.4, 0.5) is 0 Å². The number of carboxylic acids is 1. The minimum absolute atomic E-state index is 0.212. The Kier molecular flexibility index (Phi) is 3.69. The van der Waals surface area contributed by atoms with E-state index in [1.54, 1.807) is 0 Å². The number of nitrogens with two attached hydrogens (primary N) is 1. The topological polar surface area (TPSA) is 63.3 Å². The quantitative estimate of drug-likeness (QED) is 0.484. The molecule has 0 heterocycles. The molecule has 0 aromatic carbocycles. The van der Waals surface area contributed by atoms with E-state index >= 15 is 0 Å². The Morgan fingerprint density at radius 3 is 2.79 bits per heavy atom. The minimum Gasteiger partial charge on any atom is -0.480 e. The average molecular weight is 197 g/mol. The summed E-state index contributed by atoms with van der Waals surface area (Å²) in [6, 6.07) is 0. The summed E-state index contributed by atoms with van der Waals surface area (Å²) in [5.41, 5.74) is 4.77. The van der Waals surface area contributed by atoms with Crippen molar-refractivity contribution < 1.29 is 9.90 Å². The van der Waals surface area contributed by atoms with E-state index in [9.17, 15) is 4.79 Å². The zero-order valence-corrected chi connectivity index (χ0v) is 8.54. The van der Waals surface area contributed by atoms with E-state index in [1.165, 1.54) is 0 Å². The zero-order chi connectivity index (χ0) is 10.6. The summed E-state index contributed by atoms with van der Waals surface area (Å²) in [5.74, 6) is -0.627. The number of aliphatic carboxylic acids is 1. The van der Waals surface area contributed by atoms with Crippen LogP contribution in [-0.2, 0) is 4.79 Å². The lowest BCUT2D eigenvalue weighted by molar-refractivity contribution is -0.140. The smallest absolute Gasteiger partial charge is 0.323 e. The highest BCUT2D eigenvalue weighted by molar-refractivity contribution is 5.82. The molecule has 0 saturated heterocycles. The Bertz CT molecular complexity index is 227. The van der Waals surface area contributed by atoms with Crippen molar-refractivity contribution in [2.24, 2.45) is 11.7 Å². The maximum atomic E-state index is 10.7. The largest absolute Gasteiger partial charge is 0.480 e. The van der Waals surface area contributed by atoms with Gasteiger partial charge in [-0.3, -0.25) is 4.79 Å². The van der Waals surface area contributed by atoms with Gasteiger partial charge in [0, 0.05) is 0 Å². The summed E-state index contributed by atoms with van der Waals surface area (Å²) >= 11 is 0. The molecule has 14 heavy (non-hydrogen) atoms. The van der Waals surface area contributed by atoms with E-state index in [0.717, 1.165) is 32.1 Å². The van der Waals surface area contributed by atoms with Crippen LogP contribution in [0.5, 0.6) is 0 Å². The van der Waals surface area contributed by atoms with Gasteiger partial charge in [0.2, 0.25) is 0 Å². The molecule has 0 radical (unpaired) electrons. The summed E-state index contributed by atoms with van der Waals surface area (Å²) in [7, 11) is 0.